The van der Waals surface area contributed by atoms with Gasteiger partial charge >= 0.3 is 0 Å². The second kappa shape index (κ2) is 8.01. The first kappa shape index (κ1) is 17.3. The molecule has 0 bridgehead atoms. The second-order valence-corrected chi connectivity index (χ2v) is 6.58. The summed E-state index contributed by atoms with van der Waals surface area (Å²) in [6, 6.07) is 7.78. The van der Waals surface area contributed by atoms with Crippen molar-refractivity contribution in [2.45, 2.75) is 38.8 Å². The molecule has 0 spiro atoms. The van der Waals surface area contributed by atoms with E-state index in [0.29, 0.717) is 22.6 Å². The highest BCUT2D eigenvalue weighted by atomic mass is 32.2. The van der Waals surface area contributed by atoms with Gasteiger partial charge in [-0.25, -0.2) is 4.68 Å². The molecule has 0 saturated heterocycles. The van der Waals surface area contributed by atoms with Crippen LogP contribution in [0.4, 0.5) is 0 Å². The number of rotatable bonds is 7. The normalized spacial score (nSPS) is 10.8. The maximum absolute atomic E-state index is 12.0. The fourth-order valence-electron chi connectivity index (χ4n) is 1.95. The molecule has 0 fully saturated rings. The molecule has 0 saturated carbocycles. The molecule has 2 aromatic rings. The Morgan fingerprint density at radius 3 is 2.61 bits per heavy atom. The number of nitrogens with one attached hydrogen (secondary N) is 1. The first-order valence-corrected chi connectivity index (χ1v) is 8.57. The van der Waals surface area contributed by atoms with Gasteiger partial charge in [0, 0.05) is 0 Å². The van der Waals surface area contributed by atoms with Crippen LogP contribution >= 0.6 is 11.8 Å². The number of hydrogen-bond donors (Lipinski definition) is 1. The van der Waals surface area contributed by atoms with E-state index in [4.69, 9.17) is 4.74 Å². The quantitative estimate of drug-likeness (QED) is 0.788. The average Bonchev–Trinajstić information content (AvgIpc) is 2.87. The van der Waals surface area contributed by atoms with E-state index >= 15 is 0 Å². The molecule has 1 N–H and O–H groups in total. The molecule has 2 rings (SSSR count). The summed E-state index contributed by atoms with van der Waals surface area (Å²) < 4.78 is 7.10. The number of carbonyl (C=O) groups is 1. The van der Waals surface area contributed by atoms with Gasteiger partial charge in [0.05, 0.1) is 0 Å². The molecule has 0 aliphatic heterocycles. The summed E-state index contributed by atoms with van der Waals surface area (Å²) in [6.45, 7) is 8.02. The predicted molar refractivity (Wildman–Crippen MR) is 91.6 cm³/mol. The van der Waals surface area contributed by atoms with E-state index in [1.165, 1.54) is 17.3 Å². The third-order valence-electron chi connectivity index (χ3n) is 3.22. The molecule has 6 nitrogen and oxygen atoms in total. The Morgan fingerprint density at radius 1 is 1.30 bits per heavy atom. The summed E-state index contributed by atoms with van der Waals surface area (Å²) in [5, 5.41) is 8.66. The first-order chi connectivity index (χ1) is 11.0. The Morgan fingerprint density at radius 2 is 2.00 bits per heavy atom. The zero-order valence-electron chi connectivity index (χ0n) is 13.9. The topological polar surface area (TPSA) is 69.0 Å². The van der Waals surface area contributed by atoms with Crippen molar-refractivity contribution in [3.8, 4) is 5.75 Å². The van der Waals surface area contributed by atoms with Crippen LogP contribution in [0.2, 0.25) is 0 Å². The lowest BCUT2D eigenvalue weighted by atomic mass is 10.0. The molecule has 0 radical (unpaired) electrons. The summed E-state index contributed by atoms with van der Waals surface area (Å²) in [7, 11) is 0. The summed E-state index contributed by atoms with van der Waals surface area (Å²) in [6.07, 6.45) is 0. The lowest BCUT2D eigenvalue weighted by Gasteiger charge is -2.11. The molecule has 1 aromatic heterocycles. The van der Waals surface area contributed by atoms with E-state index in [1.54, 1.807) is 11.6 Å². The maximum atomic E-state index is 12.0. The number of thioether (sulfide) groups is 1. The minimum atomic E-state index is -0.251. The number of hydrogen-bond acceptors (Lipinski definition) is 5. The van der Waals surface area contributed by atoms with Crippen LogP contribution in [0.25, 0.3) is 0 Å². The lowest BCUT2D eigenvalue weighted by Crippen LogP contribution is -2.29. The van der Waals surface area contributed by atoms with Gasteiger partial charge in [-0.05, 0) is 36.3 Å². The van der Waals surface area contributed by atoms with Crippen molar-refractivity contribution in [2.75, 3.05) is 17.8 Å². The molecule has 23 heavy (non-hydrogen) atoms. The standard InChI is InChI=1S/C16H22N4O2S/c1-5-23-16-18-17-12(4)20(16)19-15(21)10-22-14-8-6-13(7-9-14)11(2)3/h6-9,11H,5,10H2,1-4H3,(H,19,21). The van der Waals surface area contributed by atoms with Crippen molar-refractivity contribution in [3.05, 3.63) is 35.7 Å². The minimum Gasteiger partial charge on any atom is -0.484 e. The minimum absolute atomic E-state index is 0.0606. The molecule has 1 amide bonds. The number of aryl methyl sites for hydroxylation is 1. The summed E-state index contributed by atoms with van der Waals surface area (Å²) >= 11 is 1.52. The van der Waals surface area contributed by atoms with Gasteiger partial charge in [0.2, 0.25) is 5.16 Å². The van der Waals surface area contributed by atoms with Crippen LogP contribution in [0.5, 0.6) is 5.75 Å². The van der Waals surface area contributed by atoms with Crippen molar-refractivity contribution < 1.29 is 9.53 Å². The van der Waals surface area contributed by atoms with Crippen molar-refractivity contribution >= 4 is 17.7 Å². The SMILES string of the molecule is CCSc1nnc(C)n1NC(=O)COc1ccc(C(C)C)cc1. The number of aromatic nitrogens is 3. The van der Waals surface area contributed by atoms with Gasteiger partial charge in [0.1, 0.15) is 11.6 Å². The highest BCUT2D eigenvalue weighted by Crippen LogP contribution is 2.18. The largest absolute Gasteiger partial charge is 0.484 e. The van der Waals surface area contributed by atoms with Crippen LogP contribution < -0.4 is 10.2 Å². The van der Waals surface area contributed by atoms with Crippen LogP contribution in [0.3, 0.4) is 0 Å². The number of ether oxygens (including phenoxy) is 1. The Kier molecular flexibility index (Phi) is 6.04. The zero-order valence-corrected chi connectivity index (χ0v) is 14.7. The molecule has 0 aliphatic rings. The number of carbonyl (C=O) groups excluding carboxylic acids is 1. The number of benzene rings is 1. The maximum Gasteiger partial charge on any atom is 0.276 e. The average molecular weight is 334 g/mol. The van der Waals surface area contributed by atoms with Crippen LogP contribution in [-0.4, -0.2) is 33.1 Å². The molecule has 0 atom stereocenters. The Bertz CT molecular complexity index is 653. The van der Waals surface area contributed by atoms with Crippen molar-refractivity contribution in [3.63, 3.8) is 0 Å². The van der Waals surface area contributed by atoms with Gasteiger partial charge in [-0.3, -0.25) is 10.2 Å². The molecule has 7 heteroatoms. The molecule has 0 unspecified atom stereocenters. The van der Waals surface area contributed by atoms with Gasteiger partial charge < -0.3 is 4.74 Å². The van der Waals surface area contributed by atoms with Gasteiger partial charge in [0.25, 0.3) is 5.91 Å². The van der Waals surface area contributed by atoms with Gasteiger partial charge in [-0.15, -0.1) is 10.2 Å². The molecule has 0 aliphatic carbocycles. The van der Waals surface area contributed by atoms with Crippen LogP contribution in [0.15, 0.2) is 29.4 Å². The third kappa shape index (κ3) is 4.72. The molecule has 1 heterocycles. The third-order valence-corrected chi connectivity index (χ3v) is 4.03. The van der Waals surface area contributed by atoms with E-state index in [2.05, 4.69) is 29.5 Å². The number of amides is 1. The second-order valence-electron chi connectivity index (χ2n) is 5.35. The highest BCUT2D eigenvalue weighted by Gasteiger charge is 2.12. The zero-order chi connectivity index (χ0) is 16.8. The lowest BCUT2D eigenvalue weighted by molar-refractivity contribution is -0.119. The van der Waals surface area contributed by atoms with Gasteiger partial charge in [-0.1, -0.05) is 44.7 Å². The number of nitrogens with zero attached hydrogens (tertiary/aromatic N) is 3. The summed E-state index contributed by atoms with van der Waals surface area (Å²) in [5.41, 5.74) is 3.99. The van der Waals surface area contributed by atoms with Crippen LogP contribution in [0, 0.1) is 6.92 Å². The van der Waals surface area contributed by atoms with E-state index < -0.39 is 0 Å². The molecular weight excluding hydrogens is 312 g/mol. The van der Waals surface area contributed by atoms with E-state index in [-0.39, 0.29) is 12.5 Å². The Labute approximate surface area is 140 Å². The van der Waals surface area contributed by atoms with Gasteiger partial charge in [0.15, 0.2) is 6.61 Å². The van der Waals surface area contributed by atoms with E-state index in [9.17, 15) is 4.79 Å². The fourth-order valence-corrected chi connectivity index (χ4v) is 2.61. The predicted octanol–water partition coefficient (Wildman–Crippen LogP) is 2.97. The molecule has 1 aromatic carbocycles. The van der Waals surface area contributed by atoms with Crippen molar-refractivity contribution in [1.82, 2.24) is 14.9 Å². The summed E-state index contributed by atoms with van der Waals surface area (Å²) in [4.78, 5) is 12.0. The smallest absolute Gasteiger partial charge is 0.276 e. The molecule has 124 valence electrons. The van der Waals surface area contributed by atoms with Crippen LogP contribution in [-0.2, 0) is 4.79 Å². The Hall–Kier alpha value is -2.02. The highest BCUT2D eigenvalue weighted by molar-refractivity contribution is 7.99. The van der Waals surface area contributed by atoms with E-state index in [1.807, 2.05) is 31.2 Å². The van der Waals surface area contributed by atoms with Crippen LogP contribution in [0.1, 0.15) is 38.1 Å². The first-order valence-electron chi connectivity index (χ1n) is 7.58. The summed E-state index contributed by atoms with van der Waals surface area (Å²) in [5.74, 6) is 2.38. The Balaban J connectivity index is 1.91. The van der Waals surface area contributed by atoms with Crippen molar-refractivity contribution in [1.29, 1.82) is 0 Å². The van der Waals surface area contributed by atoms with Crippen molar-refractivity contribution in [2.24, 2.45) is 0 Å². The monoisotopic (exact) mass is 334 g/mol. The van der Waals surface area contributed by atoms with E-state index in [0.717, 1.165) is 5.75 Å². The molecular formula is C16H22N4O2S. The fraction of sp³-hybridized carbons (Fsp3) is 0.438. The van der Waals surface area contributed by atoms with Gasteiger partial charge in [-0.2, -0.15) is 0 Å².